The van der Waals surface area contributed by atoms with Crippen molar-refractivity contribution in [2.45, 2.75) is 152 Å². The minimum atomic E-state index is -1.76. The van der Waals surface area contributed by atoms with E-state index < -0.39 is 72.8 Å². The van der Waals surface area contributed by atoms with Gasteiger partial charge in [-0.2, -0.15) is 0 Å². The summed E-state index contributed by atoms with van der Waals surface area (Å²) in [5.74, 6) is -1.70. The third kappa shape index (κ3) is 8.16. The van der Waals surface area contributed by atoms with Gasteiger partial charge in [-0.05, 0) is 50.8 Å². The van der Waals surface area contributed by atoms with Gasteiger partial charge in [0.05, 0.1) is 49.8 Å². The third-order valence-electron chi connectivity index (χ3n) is 11.7. The fourth-order valence-corrected chi connectivity index (χ4v) is 8.54. The van der Waals surface area contributed by atoms with E-state index in [9.17, 15) is 20.1 Å². The summed E-state index contributed by atoms with van der Waals surface area (Å²) in [5, 5.41) is 33.5. The highest BCUT2D eigenvalue weighted by atomic mass is 16.7. The van der Waals surface area contributed by atoms with Crippen molar-refractivity contribution in [1.82, 2.24) is 0 Å². The summed E-state index contributed by atoms with van der Waals surface area (Å²) in [6.07, 6.45) is 4.85. The lowest BCUT2D eigenvalue weighted by molar-refractivity contribution is -0.318. The number of ether oxygens (including phenoxy) is 9. The molecule has 1 aliphatic carbocycles. The van der Waals surface area contributed by atoms with Crippen LogP contribution in [0.25, 0.3) is 0 Å². The molecule has 5 aliphatic heterocycles. The van der Waals surface area contributed by atoms with Gasteiger partial charge in [0, 0.05) is 45.8 Å². The Morgan fingerprint density at radius 3 is 2.35 bits per heavy atom. The lowest BCUT2D eigenvalue weighted by Crippen LogP contribution is -2.57. The van der Waals surface area contributed by atoms with Crippen molar-refractivity contribution in [3.63, 3.8) is 0 Å². The molecule has 52 heavy (non-hydrogen) atoms. The second kappa shape index (κ2) is 16.8. The van der Waals surface area contributed by atoms with E-state index in [1.807, 2.05) is 26.0 Å². The second-order valence-electron chi connectivity index (χ2n) is 15.3. The number of fused-ring (bicyclic) bond motifs is 2. The Morgan fingerprint density at radius 1 is 0.885 bits per heavy atom. The topological polar surface area (TPSA) is 161 Å². The van der Waals surface area contributed by atoms with E-state index in [2.05, 4.69) is 13.0 Å². The summed E-state index contributed by atoms with van der Waals surface area (Å²) in [6.45, 7) is 10.1. The van der Waals surface area contributed by atoms with Gasteiger partial charge in [-0.15, -0.1) is 0 Å². The maximum atomic E-state index is 13.7. The molecular weight excluding hydrogens is 676 g/mol. The molecular formula is C39H58O13. The molecule has 0 aromatic rings. The molecule has 16 atom stereocenters. The smallest absolute Gasteiger partial charge is 0.316 e. The van der Waals surface area contributed by atoms with Crippen molar-refractivity contribution < 1.29 is 62.7 Å². The van der Waals surface area contributed by atoms with E-state index in [-0.39, 0.29) is 36.9 Å². The van der Waals surface area contributed by atoms with Gasteiger partial charge in [-0.25, -0.2) is 0 Å². The third-order valence-corrected chi connectivity index (χ3v) is 11.7. The van der Waals surface area contributed by atoms with E-state index >= 15 is 0 Å². The molecule has 0 radical (unpaired) electrons. The average molecular weight is 735 g/mol. The number of aliphatic hydroxyl groups is 3. The number of methoxy groups -OCH3 is 2. The number of hydrogen-bond acceptors (Lipinski definition) is 13. The van der Waals surface area contributed by atoms with E-state index in [1.54, 1.807) is 40.2 Å². The molecule has 0 saturated carbocycles. The normalized spacial score (nSPS) is 48.7. The van der Waals surface area contributed by atoms with E-state index in [0.717, 1.165) is 5.57 Å². The Kier molecular flexibility index (Phi) is 12.8. The van der Waals surface area contributed by atoms with E-state index in [1.165, 1.54) is 0 Å². The predicted octanol–water partition coefficient (Wildman–Crippen LogP) is 3.04. The SMILES string of the molecule is CO[C@H]1CC(O[C@H]2[C@H](C)O[C@@H](OC3/C(C)=C/C[C@@H]4C[C@@H](CCO4)OC(=O)[C@@H]4C=C(C)[C@@H](O)[C@H]5OC/C(=C\C=C\[C@@H]3C)C54O)C[C@@H]2OC)O[C@@H](C)[C@@H]1O. The number of allylic oxidation sites excluding steroid dienone is 2. The van der Waals surface area contributed by atoms with Crippen molar-refractivity contribution >= 4 is 5.97 Å². The van der Waals surface area contributed by atoms with Crippen LogP contribution in [0.4, 0.5) is 0 Å². The molecule has 3 unspecified atom stereocenters. The summed E-state index contributed by atoms with van der Waals surface area (Å²) >= 11 is 0. The molecule has 4 fully saturated rings. The highest BCUT2D eigenvalue weighted by Gasteiger charge is 2.59. The summed E-state index contributed by atoms with van der Waals surface area (Å²) in [7, 11) is 3.21. The van der Waals surface area contributed by atoms with Gasteiger partial charge >= 0.3 is 5.97 Å². The van der Waals surface area contributed by atoms with Gasteiger partial charge in [0.25, 0.3) is 0 Å². The molecule has 0 spiro atoms. The summed E-state index contributed by atoms with van der Waals surface area (Å²) in [4.78, 5) is 13.7. The van der Waals surface area contributed by atoms with Gasteiger partial charge in [0.15, 0.2) is 12.6 Å². The molecule has 292 valence electrons. The summed E-state index contributed by atoms with van der Waals surface area (Å²) in [5.41, 5.74) is 0.289. The first-order valence-corrected chi connectivity index (χ1v) is 18.8. The molecule has 5 heterocycles. The zero-order chi connectivity index (χ0) is 37.3. The standard InChI is InChI=1S/C39H58O13/c1-20-9-8-10-25-19-47-37-33(40)22(3)15-28(39(25,37)43)38(42)50-27-13-14-46-26(16-27)12-11-21(2)35(20)51-32-18-30(45-7)36(24(5)49-32)52-31-17-29(44-6)34(41)23(4)48-31/h8-11,15,20,23-24,26-37,40-41,43H,12-14,16-19H2,1-7H3/b9-8+,21-11+,25-10+/t20-,23-,24-,26+,27+,28-,29-,30-,31?,32-,33+,34-,35?,36-,37+,39?/m0/s1. The van der Waals surface area contributed by atoms with E-state index in [0.29, 0.717) is 49.9 Å². The maximum Gasteiger partial charge on any atom is 0.316 e. The number of rotatable bonds is 6. The Bertz CT molecular complexity index is 1380. The van der Waals surface area contributed by atoms with Gasteiger partial charge in [-0.1, -0.05) is 37.3 Å². The van der Waals surface area contributed by atoms with Crippen LogP contribution in [0.3, 0.4) is 0 Å². The van der Waals surface area contributed by atoms with Crippen LogP contribution in [0.2, 0.25) is 0 Å². The Balaban J connectivity index is 1.23. The monoisotopic (exact) mass is 734 g/mol. The molecule has 0 aromatic heterocycles. The highest BCUT2D eigenvalue weighted by molar-refractivity contribution is 5.78. The predicted molar refractivity (Wildman–Crippen MR) is 187 cm³/mol. The zero-order valence-electron chi connectivity index (χ0n) is 31.4. The minimum absolute atomic E-state index is 0.0625. The molecule has 3 N–H and O–H groups in total. The van der Waals surface area contributed by atoms with Gasteiger partial charge < -0.3 is 58.0 Å². The second-order valence-corrected chi connectivity index (χ2v) is 15.3. The molecule has 2 bridgehead atoms. The van der Waals surface area contributed by atoms with Crippen molar-refractivity contribution in [3.05, 3.63) is 47.1 Å². The van der Waals surface area contributed by atoms with Crippen molar-refractivity contribution in [2.24, 2.45) is 11.8 Å². The van der Waals surface area contributed by atoms with Crippen LogP contribution in [0.1, 0.15) is 66.7 Å². The van der Waals surface area contributed by atoms with Gasteiger partial charge in [0.1, 0.15) is 42.0 Å². The largest absolute Gasteiger partial charge is 0.462 e. The lowest BCUT2D eigenvalue weighted by atomic mass is 9.71. The maximum absolute atomic E-state index is 13.7. The van der Waals surface area contributed by atoms with Crippen LogP contribution in [0, 0.1) is 11.8 Å². The molecule has 0 aromatic carbocycles. The molecule has 13 heteroatoms. The first-order chi connectivity index (χ1) is 24.8. The fourth-order valence-electron chi connectivity index (χ4n) is 8.54. The highest BCUT2D eigenvalue weighted by Crippen LogP contribution is 2.46. The Hall–Kier alpha value is -2.01. The lowest BCUT2D eigenvalue weighted by Gasteiger charge is -2.44. The summed E-state index contributed by atoms with van der Waals surface area (Å²) in [6, 6.07) is 0. The van der Waals surface area contributed by atoms with Crippen LogP contribution in [-0.4, -0.2) is 134 Å². The van der Waals surface area contributed by atoms with Crippen LogP contribution in [-0.2, 0) is 47.4 Å². The van der Waals surface area contributed by atoms with Crippen LogP contribution in [0.15, 0.2) is 47.1 Å². The number of carbonyl (C=O) groups is 1. The Labute approximate surface area is 306 Å². The van der Waals surface area contributed by atoms with Crippen molar-refractivity contribution in [3.8, 4) is 0 Å². The number of esters is 1. The van der Waals surface area contributed by atoms with E-state index in [4.69, 9.17) is 42.6 Å². The fraction of sp³-hybridized carbons (Fsp3) is 0.769. The van der Waals surface area contributed by atoms with Crippen LogP contribution >= 0.6 is 0 Å². The molecule has 4 saturated heterocycles. The van der Waals surface area contributed by atoms with Crippen molar-refractivity contribution in [1.29, 1.82) is 0 Å². The van der Waals surface area contributed by atoms with Crippen LogP contribution < -0.4 is 0 Å². The molecule has 13 nitrogen and oxygen atoms in total. The van der Waals surface area contributed by atoms with Crippen LogP contribution in [0.5, 0.6) is 0 Å². The minimum Gasteiger partial charge on any atom is -0.462 e. The Morgan fingerprint density at radius 2 is 1.60 bits per heavy atom. The zero-order valence-corrected chi connectivity index (χ0v) is 31.4. The number of hydrogen-bond donors (Lipinski definition) is 3. The van der Waals surface area contributed by atoms with Gasteiger partial charge in [0.2, 0.25) is 0 Å². The number of carbonyl (C=O) groups excluding carboxylic acids is 1. The molecule has 6 aliphatic rings. The quantitative estimate of drug-likeness (QED) is 0.270. The average Bonchev–Trinajstić information content (AvgIpc) is 3.46. The van der Waals surface area contributed by atoms with Crippen molar-refractivity contribution in [2.75, 3.05) is 27.4 Å². The number of aliphatic hydroxyl groups excluding tert-OH is 2. The first kappa shape index (κ1) is 39.7. The molecule has 6 rings (SSSR count). The molecule has 0 amide bonds. The first-order valence-electron chi connectivity index (χ1n) is 18.8. The summed E-state index contributed by atoms with van der Waals surface area (Å²) < 4.78 is 55.0. The van der Waals surface area contributed by atoms with Gasteiger partial charge in [-0.3, -0.25) is 4.79 Å².